The average molecular weight is 681 g/mol. The highest BCUT2D eigenvalue weighted by Crippen LogP contribution is 2.27. The van der Waals surface area contributed by atoms with Crippen LogP contribution in [0.25, 0.3) is 0 Å². The van der Waals surface area contributed by atoms with Gasteiger partial charge in [0.15, 0.2) is 6.10 Å². The molecule has 0 aliphatic rings. The molecule has 0 spiro atoms. The topological polar surface area (TPSA) is 55.8 Å². The maximum Gasteiger partial charge on any atom is 0.333 e. The van der Waals surface area contributed by atoms with Crippen molar-refractivity contribution >= 4 is 67.1 Å². The van der Waals surface area contributed by atoms with Crippen LogP contribution < -0.4 is 4.74 Å². The van der Waals surface area contributed by atoms with Crippen molar-refractivity contribution in [3.05, 3.63) is 71.3 Å². The van der Waals surface area contributed by atoms with Gasteiger partial charge in [0.05, 0.1) is 4.47 Å². The summed E-state index contributed by atoms with van der Waals surface area (Å²) < 4.78 is 14.1. The predicted octanol–water partition coefficient (Wildman–Crippen LogP) is 5.68. The largest absolute Gasteiger partial charge is 0.488 e. The summed E-state index contributed by atoms with van der Waals surface area (Å²) in [6.07, 6.45) is 3.07. The number of hydrogen-bond acceptors (Lipinski definition) is 3. The highest BCUT2D eigenvalue weighted by atomic mass is 127. The smallest absolute Gasteiger partial charge is 0.333 e. The Morgan fingerprint density at radius 2 is 1.97 bits per heavy atom. The second-order valence-electron chi connectivity index (χ2n) is 5.89. The van der Waals surface area contributed by atoms with Crippen LogP contribution in [-0.4, -0.2) is 30.4 Å². The molecular formula is C22H19BrI2O4. The molecule has 2 aromatic carbocycles. The molecule has 0 saturated carbocycles. The molecule has 1 atom stereocenters. The van der Waals surface area contributed by atoms with Gasteiger partial charge in [-0.3, -0.25) is 0 Å². The molecule has 0 unspecified atom stereocenters. The molecule has 1 N–H and O–H groups in total. The first-order chi connectivity index (χ1) is 13.9. The Morgan fingerprint density at radius 1 is 1.24 bits per heavy atom. The van der Waals surface area contributed by atoms with E-state index in [0.29, 0.717) is 25.4 Å². The molecule has 2 aromatic rings. The van der Waals surface area contributed by atoms with Crippen LogP contribution in [0.4, 0.5) is 0 Å². The van der Waals surface area contributed by atoms with Gasteiger partial charge in [-0.1, -0.05) is 17.9 Å². The molecule has 2 rings (SSSR count). The molecule has 29 heavy (non-hydrogen) atoms. The van der Waals surface area contributed by atoms with Gasteiger partial charge in [-0.25, -0.2) is 4.79 Å². The van der Waals surface area contributed by atoms with Crippen molar-refractivity contribution < 1.29 is 19.4 Å². The third kappa shape index (κ3) is 8.66. The fourth-order valence-corrected chi connectivity index (χ4v) is 4.90. The summed E-state index contributed by atoms with van der Waals surface area (Å²) in [5, 5.41) is 9.20. The van der Waals surface area contributed by atoms with Crippen LogP contribution in [0.15, 0.2) is 53.0 Å². The van der Waals surface area contributed by atoms with Gasteiger partial charge in [0.1, 0.15) is 12.4 Å². The maximum absolute atomic E-state index is 11.2. The van der Waals surface area contributed by atoms with E-state index in [9.17, 15) is 9.90 Å². The normalized spacial score (nSPS) is 11.7. The molecule has 0 saturated heterocycles. The van der Waals surface area contributed by atoms with Crippen molar-refractivity contribution in [1.29, 1.82) is 0 Å². The minimum atomic E-state index is -0.963. The van der Waals surface area contributed by atoms with Crippen molar-refractivity contribution in [2.24, 2.45) is 0 Å². The third-order valence-electron chi connectivity index (χ3n) is 3.68. The Kier molecular flexibility index (Phi) is 10.5. The molecular weight excluding hydrogens is 662 g/mol. The SMILES string of the molecule is CCO[C@@H](Cc1ccc(OCC=CC#Cc2cc(I)cc(I)c2)c(Br)c1)C(=O)O. The highest BCUT2D eigenvalue weighted by molar-refractivity contribution is 14.1. The lowest BCUT2D eigenvalue weighted by Crippen LogP contribution is -2.26. The minimum absolute atomic E-state index is 0.301. The summed E-state index contributed by atoms with van der Waals surface area (Å²) in [5.41, 5.74) is 1.84. The van der Waals surface area contributed by atoms with Gasteiger partial charge in [-0.15, -0.1) is 0 Å². The predicted molar refractivity (Wildman–Crippen MR) is 134 cm³/mol. The number of benzene rings is 2. The molecule has 0 amide bonds. The van der Waals surface area contributed by atoms with Crippen LogP contribution in [0.2, 0.25) is 0 Å². The Bertz CT molecular complexity index is 927. The number of carbonyl (C=O) groups is 1. The molecule has 0 radical (unpaired) electrons. The second kappa shape index (κ2) is 12.6. The lowest BCUT2D eigenvalue weighted by molar-refractivity contribution is -0.149. The molecule has 0 aliphatic heterocycles. The van der Waals surface area contributed by atoms with E-state index >= 15 is 0 Å². The fourth-order valence-electron chi connectivity index (χ4n) is 2.42. The van der Waals surface area contributed by atoms with Gasteiger partial charge in [0.25, 0.3) is 0 Å². The number of halogens is 3. The van der Waals surface area contributed by atoms with E-state index in [1.165, 1.54) is 0 Å². The van der Waals surface area contributed by atoms with Crippen LogP contribution in [0.3, 0.4) is 0 Å². The van der Waals surface area contributed by atoms with Crippen molar-refractivity contribution in [1.82, 2.24) is 0 Å². The van der Waals surface area contributed by atoms with E-state index in [4.69, 9.17) is 9.47 Å². The van der Waals surface area contributed by atoms with Crippen molar-refractivity contribution in [2.45, 2.75) is 19.4 Å². The number of hydrogen-bond donors (Lipinski definition) is 1. The van der Waals surface area contributed by atoms with E-state index in [2.05, 4.69) is 79.0 Å². The Hall–Kier alpha value is -1.09. The number of aliphatic carboxylic acids is 1. The van der Waals surface area contributed by atoms with Crippen LogP contribution >= 0.6 is 61.1 Å². The minimum Gasteiger partial charge on any atom is -0.488 e. The summed E-state index contributed by atoms with van der Waals surface area (Å²) in [5.74, 6) is 5.84. The van der Waals surface area contributed by atoms with Gasteiger partial charge < -0.3 is 14.6 Å². The van der Waals surface area contributed by atoms with Crippen molar-refractivity contribution in [2.75, 3.05) is 13.2 Å². The Morgan fingerprint density at radius 3 is 2.59 bits per heavy atom. The van der Waals surface area contributed by atoms with Crippen LogP contribution in [-0.2, 0) is 16.0 Å². The Labute approximate surface area is 206 Å². The zero-order valence-corrected chi connectivity index (χ0v) is 21.5. The zero-order chi connectivity index (χ0) is 21.2. The fraction of sp³-hybridized carbons (Fsp3) is 0.227. The van der Waals surface area contributed by atoms with E-state index < -0.39 is 12.1 Å². The number of ether oxygens (including phenoxy) is 2. The number of rotatable bonds is 8. The summed E-state index contributed by atoms with van der Waals surface area (Å²) >= 11 is 8.03. The van der Waals surface area contributed by atoms with E-state index in [1.54, 1.807) is 13.0 Å². The molecule has 0 fully saturated rings. The number of allylic oxidation sites excluding steroid dienone is 1. The zero-order valence-electron chi connectivity index (χ0n) is 15.6. The van der Waals surface area contributed by atoms with Gasteiger partial charge in [-0.2, -0.15) is 0 Å². The summed E-state index contributed by atoms with van der Waals surface area (Å²) in [6, 6.07) is 11.7. The van der Waals surface area contributed by atoms with E-state index in [1.807, 2.05) is 36.4 Å². The maximum atomic E-state index is 11.2. The molecule has 0 aliphatic carbocycles. The van der Waals surface area contributed by atoms with Crippen LogP contribution in [0, 0.1) is 19.0 Å². The standard InChI is InChI=1S/C22H19BrI2O4/c1-2-28-21(22(26)27)13-16-7-8-20(19(23)12-16)29-9-5-3-4-6-15-10-17(24)14-18(25)11-15/h3,5,7-8,10-12,14,21H,2,9,13H2,1H3,(H,26,27)/t21-/m0/s1. The van der Waals surface area contributed by atoms with Gasteiger partial charge in [0.2, 0.25) is 0 Å². The third-order valence-corrected chi connectivity index (χ3v) is 5.54. The first kappa shape index (κ1) is 24.2. The summed E-state index contributed by atoms with van der Waals surface area (Å²) in [6.45, 7) is 2.52. The van der Waals surface area contributed by atoms with Gasteiger partial charge in [0, 0.05) is 25.7 Å². The molecule has 7 heteroatoms. The quantitative estimate of drug-likeness (QED) is 0.288. The van der Waals surface area contributed by atoms with E-state index in [-0.39, 0.29) is 0 Å². The average Bonchev–Trinajstić information content (AvgIpc) is 2.64. The molecule has 0 bridgehead atoms. The monoisotopic (exact) mass is 680 g/mol. The Balaban J connectivity index is 1.90. The first-order valence-corrected chi connectivity index (χ1v) is 11.7. The van der Waals surface area contributed by atoms with Gasteiger partial charge in [-0.05, 0) is 116 Å². The second-order valence-corrected chi connectivity index (χ2v) is 9.24. The summed E-state index contributed by atoms with van der Waals surface area (Å²) in [4.78, 5) is 11.2. The highest BCUT2D eigenvalue weighted by Gasteiger charge is 2.18. The number of carboxylic acids is 1. The lowest BCUT2D eigenvalue weighted by Gasteiger charge is -2.13. The number of carboxylic acid groups (broad SMARTS) is 1. The molecule has 4 nitrogen and oxygen atoms in total. The van der Waals surface area contributed by atoms with Crippen LogP contribution in [0.1, 0.15) is 18.1 Å². The van der Waals surface area contributed by atoms with Gasteiger partial charge >= 0.3 is 5.97 Å². The summed E-state index contributed by atoms with van der Waals surface area (Å²) in [7, 11) is 0. The molecule has 152 valence electrons. The van der Waals surface area contributed by atoms with Crippen molar-refractivity contribution in [3.63, 3.8) is 0 Å². The van der Waals surface area contributed by atoms with E-state index in [0.717, 1.165) is 22.7 Å². The van der Waals surface area contributed by atoms with Crippen LogP contribution in [0.5, 0.6) is 5.75 Å². The molecule has 0 aromatic heterocycles. The first-order valence-electron chi connectivity index (χ1n) is 8.77. The molecule has 0 heterocycles. The van der Waals surface area contributed by atoms with Crippen molar-refractivity contribution in [3.8, 4) is 17.6 Å². The lowest BCUT2D eigenvalue weighted by atomic mass is 10.1.